The molecule has 1 amide bonds. The van der Waals surface area contributed by atoms with Crippen LogP contribution in [0.3, 0.4) is 0 Å². The summed E-state index contributed by atoms with van der Waals surface area (Å²) < 4.78 is 35.8. The van der Waals surface area contributed by atoms with Gasteiger partial charge in [-0.3, -0.25) is 9.52 Å². The van der Waals surface area contributed by atoms with Gasteiger partial charge in [0.1, 0.15) is 5.75 Å². The Morgan fingerprint density at radius 2 is 2.04 bits per heavy atom. The van der Waals surface area contributed by atoms with Gasteiger partial charge in [0.15, 0.2) is 0 Å². The second-order valence-electron chi connectivity index (χ2n) is 6.23. The molecule has 9 heteroatoms. The molecule has 1 aromatic carbocycles. The third-order valence-corrected chi connectivity index (χ3v) is 4.50. The van der Waals surface area contributed by atoms with Crippen LogP contribution in [0.25, 0.3) is 0 Å². The van der Waals surface area contributed by atoms with Crippen LogP contribution in [0.1, 0.15) is 23.2 Å². The molecule has 1 atom stereocenters. The van der Waals surface area contributed by atoms with E-state index in [9.17, 15) is 13.2 Å². The van der Waals surface area contributed by atoms with Crippen LogP contribution in [0.15, 0.2) is 42.6 Å². The molecule has 2 heterocycles. The fraction of sp³-hybridized carbons (Fsp3) is 0.333. The third-order valence-electron chi connectivity index (χ3n) is 3.89. The van der Waals surface area contributed by atoms with Crippen molar-refractivity contribution in [2.45, 2.75) is 18.9 Å². The highest BCUT2D eigenvalue weighted by Gasteiger charge is 2.16. The second-order valence-corrected chi connectivity index (χ2v) is 7.98. The fourth-order valence-corrected chi connectivity index (χ4v) is 3.18. The number of sulfonamides is 1. The number of carbonyl (C=O) groups is 1. The molecule has 144 valence electrons. The lowest BCUT2D eigenvalue weighted by Gasteiger charge is -2.11. The third kappa shape index (κ3) is 5.93. The Kier molecular flexibility index (Phi) is 5.92. The Labute approximate surface area is 158 Å². The van der Waals surface area contributed by atoms with Crippen molar-refractivity contribution in [3.63, 3.8) is 0 Å². The normalized spacial score (nSPS) is 16.7. The zero-order chi connectivity index (χ0) is 19.3. The zero-order valence-corrected chi connectivity index (χ0v) is 15.7. The maximum atomic E-state index is 12.1. The van der Waals surface area contributed by atoms with Crippen LogP contribution in [-0.4, -0.2) is 44.8 Å². The molecular weight excluding hydrogens is 370 g/mol. The van der Waals surface area contributed by atoms with E-state index in [1.165, 1.54) is 6.20 Å². The summed E-state index contributed by atoms with van der Waals surface area (Å²) in [7, 11) is -3.32. The molecule has 1 saturated heterocycles. The predicted octanol–water partition coefficient (Wildman–Crippen LogP) is 2.15. The van der Waals surface area contributed by atoms with Gasteiger partial charge < -0.3 is 14.8 Å². The van der Waals surface area contributed by atoms with Crippen LogP contribution >= 0.6 is 0 Å². The van der Waals surface area contributed by atoms with Gasteiger partial charge in [0.25, 0.3) is 5.91 Å². The second kappa shape index (κ2) is 8.36. The van der Waals surface area contributed by atoms with Crippen molar-refractivity contribution >= 4 is 21.6 Å². The number of ether oxygens (including phenoxy) is 2. The van der Waals surface area contributed by atoms with Gasteiger partial charge in [0.2, 0.25) is 15.9 Å². The van der Waals surface area contributed by atoms with Crippen LogP contribution in [0.2, 0.25) is 0 Å². The molecular formula is C18H21N3O5S. The van der Waals surface area contributed by atoms with Gasteiger partial charge in [0, 0.05) is 31.1 Å². The minimum atomic E-state index is -3.32. The number of rotatable bonds is 7. The van der Waals surface area contributed by atoms with Gasteiger partial charge in [-0.05, 0) is 43.2 Å². The number of nitrogens with zero attached hydrogens (tertiary/aromatic N) is 1. The quantitative estimate of drug-likeness (QED) is 0.749. The average Bonchev–Trinajstić information content (AvgIpc) is 3.14. The number of pyridine rings is 1. The van der Waals surface area contributed by atoms with Crippen molar-refractivity contribution in [3.05, 3.63) is 48.2 Å². The van der Waals surface area contributed by atoms with Crippen LogP contribution in [0.4, 0.5) is 5.69 Å². The summed E-state index contributed by atoms with van der Waals surface area (Å²) in [6, 6.07) is 9.65. The lowest BCUT2D eigenvalue weighted by Crippen LogP contribution is -2.31. The van der Waals surface area contributed by atoms with Crippen LogP contribution in [0, 0.1) is 0 Å². The van der Waals surface area contributed by atoms with E-state index >= 15 is 0 Å². The number of hydrogen-bond donors (Lipinski definition) is 2. The Balaban J connectivity index is 1.54. The van der Waals surface area contributed by atoms with Crippen molar-refractivity contribution < 1.29 is 22.7 Å². The van der Waals surface area contributed by atoms with E-state index in [-0.39, 0.29) is 12.0 Å². The molecule has 27 heavy (non-hydrogen) atoms. The lowest BCUT2D eigenvalue weighted by atomic mass is 10.2. The van der Waals surface area contributed by atoms with Crippen molar-refractivity contribution in [2.75, 3.05) is 24.1 Å². The van der Waals surface area contributed by atoms with E-state index in [2.05, 4.69) is 15.0 Å². The number of aromatic nitrogens is 1. The van der Waals surface area contributed by atoms with E-state index in [0.29, 0.717) is 29.4 Å². The Bertz CT molecular complexity index is 876. The summed E-state index contributed by atoms with van der Waals surface area (Å²) in [6.07, 6.45) is 4.60. The molecule has 3 rings (SSSR count). The predicted molar refractivity (Wildman–Crippen MR) is 101 cm³/mol. The first-order valence-corrected chi connectivity index (χ1v) is 10.4. The summed E-state index contributed by atoms with van der Waals surface area (Å²) in [5.41, 5.74) is 0.879. The van der Waals surface area contributed by atoms with Crippen LogP contribution < -0.4 is 14.8 Å². The molecule has 2 N–H and O–H groups in total. The SMILES string of the molecule is CS(=O)(=O)Nc1ccc(Oc2ccc(C(=O)NC[C@@H]3CCCO3)cn2)cc1. The summed E-state index contributed by atoms with van der Waals surface area (Å²) >= 11 is 0. The average molecular weight is 391 g/mol. The number of hydrogen-bond acceptors (Lipinski definition) is 6. The molecule has 1 fully saturated rings. The van der Waals surface area contributed by atoms with E-state index in [1.807, 2.05) is 0 Å². The molecule has 0 spiro atoms. The van der Waals surface area contributed by atoms with Crippen LogP contribution in [-0.2, 0) is 14.8 Å². The van der Waals surface area contributed by atoms with Crippen molar-refractivity contribution in [3.8, 4) is 11.6 Å². The molecule has 2 aromatic rings. The number of anilines is 1. The smallest absolute Gasteiger partial charge is 0.252 e. The number of amides is 1. The van der Waals surface area contributed by atoms with Gasteiger partial charge >= 0.3 is 0 Å². The van der Waals surface area contributed by atoms with Gasteiger partial charge in [-0.2, -0.15) is 0 Å². The summed E-state index contributed by atoms with van der Waals surface area (Å²) in [4.78, 5) is 16.2. The van der Waals surface area contributed by atoms with E-state index in [1.54, 1.807) is 36.4 Å². The number of carbonyl (C=O) groups excluding carboxylic acids is 1. The van der Waals surface area contributed by atoms with Crippen molar-refractivity contribution in [2.24, 2.45) is 0 Å². The summed E-state index contributed by atoms with van der Waals surface area (Å²) in [5.74, 6) is 0.618. The maximum Gasteiger partial charge on any atom is 0.252 e. The molecule has 1 aliphatic rings. The fourth-order valence-electron chi connectivity index (χ4n) is 2.61. The number of nitrogens with one attached hydrogen (secondary N) is 2. The highest BCUT2D eigenvalue weighted by Crippen LogP contribution is 2.22. The molecule has 0 radical (unpaired) electrons. The molecule has 1 aliphatic heterocycles. The molecule has 1 aromatic heterocycles. The summed E-state index contributed by atoms with van der Waals surface area (Å²) in [5, 5.41) is 2.83. The standard InChI is InChI=1S/C18H21N3O5S/c1-27(23,24)21-14-5-7-15(8-6-14)26-17-9-4-13(11-19-17)18(22)20-12-16-3-2-10-25-16/h4-9,11,16,21H,2-3,10,12H2,1H3,(H,20,22)/t16-/m0/s1. The first-order chi connectivity index (χ1) is 12.9. The van der Waals surface area contributed by atoms with Gasteiger partial charge in [-0.15, -0.1) is 0 Å². The van der Waals surface area contributed by atoms with Crippen LogP contribution in [0.5, 0.6) is 11.6 Å². The van der Waals surface area contributed by atoms with Crippen molar-refractivity contribution in [1.29, 1.82) is 0 Å². The molecule has 8 nitrogen and oxygen atoms in total. The number of benzene rings is 1. The molecule has 0 bridgehead atoms. The van der Waals surface area contributed by atoms with Gasteiger partial charge in [-0.25, -0.2) is 13.4 Å². The van der Waals surface area contributed by atoms with E-state index in [0.717, 1.165) is 25.7 Å². The summed E-state index contributed by atoms with van der Waals surface area (Å²) in [6.45, 7) is 1.24. The largest absolute Gasteiger partial charge is 0.439 e. The van der Waals surface area contributed by atoms with E-state index < -0.39 is 10.0 Å². The van der Waals surface area contributed by atoms with E-state index in [4.69, 9.17) is 9.47 Å². The first-order valence-electron chi connectivity index (χ1n) is 8.51. The minimum Gasteiger partial charge on any atom is -0.439 e. The highest BCUT2D eigenvalue weighted by atomic mass is 32.2. The topological polar surface area (TPSA) is 107 Å². The molecule has 0 unspecified atom stereocenters. The van der Waals surface area contributed by atoms with Gasteiger partial charge in [-0.1, -0.05) is 0 Å². The first kappa shape index (κ1) is 19.1. The van der Waals surface area contributed by atoms with Gasteiger partial charge in [0.05, 0.1) is 17.9 Å². The van der Waals surface area contributed by atoms with Crippen molar-refractivity contribution in [1.82, 2.24) is 10.3 Å². The lowest BCUT2D eigenvalue weighted by molar-refractivity contribution is 0.0857. The molecule has 0 saturated carbocycles. The highest BCUT2D eigenvalue weighted by molar-refractivity contribution is 7.92. The maximum absolute atomic E-state index is 12.1. The molecule has 0 aliphatic carbocycles. The Hall–Kier alpha value is -2.65. The zero-order valence-electron chi connectivity index (χ0n) is 14.8. The minimum absolute atomic E-state index is 0.0877. The monoisotopic (exact) mass is 391 g/mol. The Morgan fingerprint density at radius 3 is 2.63 bits per heavy atom. The Morgan fingerprint density at radius 1 is 1.26 bits per heavy atom.